The second kappa shape index (κ2) is 4.94. The van der Waals surface area contributed by atoms with E-state index in [2.05, 4.69) is 15.5 Å². The van der Waals surface area contributed by atoms with Crippen LogP contribution in [0.2, 0.25) is 0 Å². The largest absolute Gasteiger partial charge is 0.314 e. The van der Waals surface area contributed by atoms with E-state index in [0.29, 0.717) is 19.6 Å². The van der Waals surface area contributed by atoms with Crippen LogP contribution in [-0.2, 0) is 10.2 Å². The summed E-state index contributed by atoms with van der Waals surface area (Å²) in [7, 11) is -3.59. The maximum Gasteiger partial charge on any atom is 0.278 e. The van der Waals surface area contributed by atoms with Gasteiger partial charge in [-0.05, 0) is 0 Å². The standard InChI is InChI=1S/C8H19N5O2S/c9-16(14,15)13-6-3-11-7-8(13)12-4-1-10-2-5-12/h8,10-11H,1-7H2,(H2,9,14,15). The van der Waals surface area contributed by atoms with Crippen molar-refractivity contribution in [1.82, 2.24) is 19.8 Å². The molecule has 16 heavy (non-hydrogen) atoms. The van der Waals surface area contributed by atoms with Crippen LogP contribution >= 0.6 is 0 Å². The summed E-state index contributed by atoms with van der Waals surface area (Å²) in [5, 5.41) is 11.7. The molecule has 0 aromatic heterocycles. The lowest BCUT2D eigenvalue weighted by molar-refractivity contribution is 0.0700. The molecule has 1 unspecified atom stereocenters. The van der Waals surface area contributed by atoms with E-state index in [0.717, 1.165) is 26.2 Å². The van der Waals surface area contributed by atoms with E-state index in [4.69, 9.17) is 5.14 Å². The zero-order valence-corrected chi connectivity index (χ0v) is 10.0. The average Bonchev–Trinajstić information content (AvgIpc) is 2.29. The summed E-state index contributed by atoms with van der Waals surface area (Å²) in [4.78, 5) is 2.16. The lowest BCUT2D eigenvalue weighted by Crippen LogP contribution is -2.64. The highest BCUT2D eigenvalue weighted by atomic mass is 32.2. The van der Waals surface area contributed by atoms with Gasteiger partial charge >= 0.3 is 0 Å². The fourth-order valence-electron chi connectivity index (χ4n) is 2.26. The molecule has 0 spiro atoms. The van der Waals surface area contributed by atoms with Crippen molar-refractivity contribution < 1.29 is 8.42 Å². The molecule has 4 N–H and O–H groups in total. The van der Waals surface area contributed by atoms with Crippen LogP contribution in [-0.4, -0.2) is 69.6 Å². The third kappa shape index (κ3) is 2.70. The highest BCUT2D eigenvalue weighted by molar-refractivity contribution is 7.86. The number of piperazine rings is 2. The first-order valence-corrected chi connectivity index (χ1v) is 7.04. The van der Waals surface area contributed by atoms with Gasteiger partial charge in [0.1, 0.15) is 0 Å². The van der Waals surface area contributed by atoms with Gasteiger partial charge in [-0.25, -0.2) is 5.14 Å². The molecule has 1 atom stereocenters. The average molecular weight is 249 g/mol. The highest BCUT2D eigenvalue weighted by Gasteiger charge is 2.34. The Hall–Kier alpha value is -0.250. The van der Waals surface area contributed by atoms with E-state index in [9.17, 15) is 8.42 Å². The summed E-state index contributed by atoms with van der Waals surface area (Å²) in [5.41, 5.74) is 0. The molecule has 2 fully saturated rings. The van der Waals surface area contributed by atoms with Crippen LogP contribution in [0, 0.1) is 0 Å². The quantitative estimate of drug-likeness (QED) is 0.496. The molecule has 7 nitrogen and oxygen atoms in total. The lowest BCUT2D eigenvalue weighted by atomic mass is 10.3. The van der Waals surface area contributed by atoms with Gasteiger partial charge in [0.25, 0.3) is 10.2 Å². The van der Waals surface area contributed by atoms with Gasteiger partial charge in [0, 0.05) is 45.8 Å². The van der Waals surface area contributed by atoms with E-state index in [1.807, 2.05) is 0 Å². The van der Waals surface area contributed by atoms with Gasteiger partial charge < -0.3 is 10.6 Å². The molecule has 0 amide bonds. The predicted octanol–water partition coefficient (Wildman–Crippen LogP) is -2.67. The van der Waals surface area contributed by atoms with E-state index in [1.165, 1.54) is 4.31 Å². The maximum atomic E-state index is 11.5. The van der Waals surface area contributed by atoms with Crippen LogP contribution in [0.25, 0.3) is 0 Å². The summed E-state index contributed by atoms with van der Waals surface area (Å²) in [6.45, 7) is 5.28. The fraction of sp³-hybridized carbons (Fsp3) is 1.00. The van der Waals surface area contributed by atoms with Crippen molar-refractivity contribution in [2.75, 3.05) is 45.8 Å². The van der Waals surface area contributed by atoms with Gasteiger partial charge in [0.05, 0.1) is 6.17 Å². The molecule has 0 aliphatic carbocycles. The van der Waals surface area contributed by atoms with E-state index >= 15 is 0 Å². The lowest BCUT2D eigenvalue weighted by Gasteiger charge is -2.42. The van der Waals surface area contributed by atoms with Crippen molar-refractivity contribution >= 4 is 10.2 Å². The maximum absolute atomic E-state index is 11.5. The molecule has 2 aliphatic rings. The zero-order valence-electron chi connectivity index (χ0n) is 9.22. The van der Waals surface area contributed by atoms with E-state index < -0.39 is 10.2 Å². The van der Waals surface area contributed by atoms with Gasteiger partial charge in [0.15, 0.2) is 0 Å². The van der Waals surface area contributed by atoms with Crippen LogP contribution < -0.4 is 15.8 Å². The Bertz CT molecular complexity index is 327. The number of nitrogens with one attached hydrogen (secondary N) is 2. The minimum absolute atomic E-state index is 0.133. The Morgan fingerprint density at radius 1 is 1.06 bits per heavy atom. The minimum Gasteiger partial charge on any atom is -0.314 e. The molecular formula is C8H19N5O2S. The molecular weight excluding hydrogens is 230 g/mol. The van der Waals surface area contributed by atoms with Crippen molar-refractivity contribution in [2.24, 2.45) is 5.14 Å². The second-order valence-corrected chi connectivity index (χ2v) is 5.63. The van der Waals surface area contributed by atoms with Crippen molar-refractivity contribution in [3.8, 4) is 0 Å². The molecule has 2 rings (SSSR count). The Labute approximate surface area is 96.1 Å². The van der Waals surface area contributed by atoms with Crippen LogP contribution in [0.5, 0.6) is 0 Å². The van der Waals surface area contributed by atoms with Gasteiger partial charge in [-0.15, -0.1) is 0 Å². The number of hydrogen-bond acceptors (Lipinski definition) is 5. The third-order valence-electron chi connectivity index (χ3n) is 3.07. The predicted molar refractivity (Wildman–Crippen MR) is 60.9 cm³/mol. The molecule has 2 aliphatic heterocycles. The third-order valence-corrected chi connectivity index (χ3v) is 4.15. The molecule has 0 radical (unpaired) electrons. The van der Waals surface area contributed by atoms with Gasteiger partial charge in [0.2, 0.25) is 0 Å². The topological polar surface area (TPSA) is 90.7 Å². The highest BCUT2D eigenvalue weighted by Crippen LogP contribution is 2.12. The summed E-state index contributed by atoms with van der Waals surface area (Å²) in [6.07, 6.45) is -0.133. The number of hydrogen-bond donors (Lipinski definition) is 3. The van der Waals surface area contributed by atoms with Crippen LogP contribution in [0.3, 0.4) is 0 Å². The summed E-state index contributed by atoms with van der Waals surface area (Å²) >= 11 is 0. The fourth-order valence-corrected chi connectivity index (χ4v) is 3.15. The molecule has 0 bridgehead atoms. The minimum atomic E-state index is -3.59. The number of nitrogens with two attached hydrogens (primary N) is 1. The Morgan fingerprint density at radius 3 is 2.31 bits per heavy atom. The summed E-state index contributed by atoms with van der Waals surface area (Å²) in [6, 6.07) is 0. The van der Waals surface area contributed by atoms with Crippen molar-refractivity contribution in [2.45, 2.75) is 6.17 Å². The molecule has 0 aromatic carbocycles. The first-order valence-electron chi connectivity index (χ1n) is 5.54. The molecule has 2 heterocycles. The Balaban J connectivity index is 2.09. The van der Waals surface area contributed by atoms with Crippen molar-refractivity contribution in [3.05, 3.63) is 0 Å². The number of rotatable bonds is 2. The molecule has 8 heteroatoms. The van der Waals surface area contributed by atoms with Gasteiger partial charge in [-0.1, -0.05) is 0 Å². The first kappa shape index (κ1) is 12.2. The molecule has 0 aromatic rings. The Kier molecular flexibility index (Phi) is 3.77. The SMILES string of the molecule is NS(=O)(=O)N1CCNCC1N1CCNCC1. The van der Waals surface area contributed by atoms with Gasteiger partial charge in [-0.2, -0.15) is 12.7 Å². The first-order chi connectivity index (χ1) is 7.59. The normalized spacial score (nSPS) is 30.4. The monoisotopic (exact) mass is 249 g/mol. The van der Waals surface area contributed by atoms with Crippen LogP contribution in [0.15, 0.2) is 0 Å². The van der Waals surface area contributed by atoms with Crippen molar-refractivity contribution in [3.63, 3.8) is 0 Å². The van der Waals surface area contributed by atoms with Crippen molar-refractivity contribution in [1.29, 1.82) is 0 Å². The van der Waals surface area contributed by atoms with E-state index in [1.54, 1.807) is 0 Å². The van der Waals surface area contributed by atoms with E-state index in [-0.39, 0.29) is 6.17 Å². The van der Waals surface area contributed by atoms with Crippen LogP contribution in [0.1, 0.15) is 0 Å². The van der Waals surface area contributed by atoms with Crippen LogP contribution in [0.4, 0.5) is 0 Å². The summed E-state index contributed by atoms with van der Waals surface area (Å²) < 4.78 is 24.3. The molecule has 0 saturated carbocycles. The molecule has 94 valence electrons. The Morgan fingerprint density at radius 2 is 1.69 bits per heavy atom. The van der Waals surface area contributed by atoms with Gasteiger partial charge in [-0.3, -0.25) is 4.90 Å². The molecule has 2 saturated heterocycles. The smallest absolute Gasteiger partial charge is 0.278 e. The number of nitrogens with zero attached hydrogens (tertiary/aromatic N) is 2. The zero-order chi connectivity index (χ0) is 11.6. The summed E-state index contributed by atoms with van der Waals surface area (Å²) in [5.74, 6) is 0. The second-order valence-electron chi connectivity index (χ2n) is 4.13.